The number of ether oxygens (including phenoxy) is 1. The van der Waals surface area contributed by atoms with Crippen molar-refractivity contribution in [3.63, 3.8) is 0 Å². The minimum absolute atomic E-state index is 0.256. The van der Waals surface area contributed by atoms with Gasteiger partial charge in [-0.3, -0.25) is 0 Å². The van der Waals surface area contributed by atoms with Crippen LogP contribution in [0.1, 0.15) is 26.1 Å². The molecule has 0 fully saturated rings. The quantitative estimate of drug-likeness (QED) is 0.761. The van der Waals surface area contributed by atoms with Crippen LogP contribution in [0, 0.1) is 0 Å². The molecule has 0 bridgehead atoms. The van der Waals surface area contributed by atoms with Crippen LogP contribution in [0.4, 0.5) is 0 Å². The van der Waals surface area contributed by atoms with Crippen LogP contribution < -0.4 is 5.32 Å². The Kier molecular flexibility index (Phi) is 5.49. The summed E-state index contributed by atoms with van der Waals surface area (Å²) >= 11 is 0. The second kappa shape index (κ2) is 6.66. The second-order valence-corrected chi connectivity index (χ2v) is 3.96. The molecule has 1 rings (SSSR count). The van der Waals surface area contributed by atoms with Gasteiger partial charge in [-0.15, -0.1) is 0 Å². The molecule has 1 aromatic rings. The van der Waals surface area contributed by atoms with E-state index in [0.29, 0.717) is 6.04 Å². The number of rotatable bonds is 7. The molecule has 92 valence electrons. The minimum Gasteiger partial charge on any atom is -0.377 e. The molecule has 1 N–H and O–H groups in total. The summed E-state index contributed by atoms with van der Waals surface area (Å²) in [4.78, 5) is 4.35. The fraction of sp³-hybridized carbons (Fsp3) is 0.750. The first-order valence-corrected chi connectivity index (χ1v) is 5.97. The van der Waals surface area contributed by atoms with Gasteiger partial charge in [0.05, 0.1) is 6.10 Å². The van der Waals surface area contributed by atoms with Crippen molar-refractivity contribution in [2.45, 2.75) is 38.8 Å². The van der Waals surface area contributed by atoms with E-state index in [1.807, 2.05) is 33.4 Å². The summed E-state index contributed by atoms with van der Waals surface area (Å²) in [6, 6.07) is 0.325. The highest BCUT2D eigenvalue weighted by atomic mass is 16.5. The molecular formula is C12H23N3O. The zero-order valence-electron chi connectivity index (χ0n) is 10.7. The van der Waals surface area contributed by atoms with Crippen molar-refractivity contribution in [3.05, 3.63) is 18.2 Å². The van der Waals surface area contributed by atoms with Crippen molar-refractivity contribution >= 4 is 0 Å². The van der Waals surface area contributed by atoms with E-state index in [-0.39, 0.29) is 6.10 Å². The third kappa shape index (κ3) is 3.32. The molecule has 0 radical (unpaired) electrons. The SMILES string of the molecule is CCOC(CC)C(Cc1nccn1C)NC. The van der Waals surface area contributed by atoms with Gasteiger partial charge in [-0.25, -0.2) is 4.98 Å². The van der Waals surface area contributed by atoms with E-state index >= 15 is 0 Å². The van der Waals surface area contributed by atoms with Crippen LogP contribution >= 0.6 is 0 Å². The topological polar surface area (TPSA) is 39.1 Å². The lowest BCUT2D eigenvalue weighted by Crippen LogP contribution is -2.41. The van der Waals surface area contributed by atoms with Crippen LogP contribution in [0.5, 0.6) is 0 Å². The highest BCUT2D eigenvalue weighted by Gasteiger charge is 2.20. The molecule has 2 unspecified atom stereocenters. The second-order valence-electron chi connectivity index (χ2n) is 3.96. The van der Waals surface area contributed by atoms with Crippen molar-refractivity contribution in [2.24, 2.45) is 7.05 Å². The maximum absolute atomic E-state index is 5.73. The van der Waals surface area contributed by atoms with E-state index in [1.165, 1.54) is 0 Å². The molecule has 0 saturated carbocycles. The van der Waals surface area contributed by atoms with E-state index in [9.17, 15) is 0 Å². The maximum atomic E-state index is 5.73. The molecule has 1 aromatic heterocycles. The lowest BCUT2D eigenvalue weighted by atomic mass is 10.0. The first kappa shape index (κ1) is 13.2. The van der Waals surface area contributed by atoms with E-state index in [4.69, 9.17) is 4.74 Å². The van der Waals surface area contributed by atoms with Crippen LogP contribution in [0.2, 0.25) is 0 Å². The first-order chi connectivity index (χ1) is 7.72. The van der Waals surface area contributed by atoms with Crippen molar-refractivity contribution < 1.29 is 4.74 Å². The summed E-state index contributed by atoms with van der Waals surface area (Å²) in [6.07, 6.45) is 5.99. The predicted octanol–water partition coefficient (Wildman–Crippen LogP) is 1.37. The molecule has 0 aromatic carbocycles. The average Bonchev–Trinajstić information content (AvgIpc) is 2.69. The highest BCUT2D eigenvalue weighted by Crippen LogP contribution is 2.09. The van der Waals surface area contributed by atoms with Gasteiger partial charge < -0.3 is 14.6 Å². The summed E-state index contributed by atoms with van der Waals surface area (Å²) in [5, 5.41) is 3.33. The zero-order chi connectivity index (χ0) is 12.0. The molecule has 0 aliphatic heterocycles. The third-order valence-corrected chi connectivity index (χ3v) is 2.93. The largest absolute Gasteiger partial charge is 0.377 e. The van der Waals surface area contributed by atoms with Crippen molar-refractivity contribution in [3.8, 4) is 0 Å². The number of aromatic nitrogens is 2. The van der Waals surface area contributed by atoms with E-state index in [2.05, 4.69) is 21.8 Å². The van der Waals surface area contributed by atoms with E-state index in [0.717, 1.165) is 25.3 Å². The number of imidazole rings is 1. The normalized spacial score (nSPS) is 15.0. The Hall–Kier alpha value is -0.870. The third-order valence-electron chi connectivity index (χ3n) is 2.93. The summed E-state index contributed by atoms with van der Waals surface area (Å²) in [5.41, 5.74) is 0. The van der Waals surface area contributed by atoms with Crippen LogP contribution in [0.15, 0.2) is 12.4 Å². The van der Waals surface area contributed by atoms with Gasteiger partial charge >= 0.3 is 0 Å². The predicted molar refractivity (Wildman–Crippen MR) is 65.5 cm³/mol. The number of nitrogens with zero attached hydrogens (tertiary/aromatic N) is 2. The molecule has 0 saturated heterocycles. The standard InChI is InChI=1S/C12H23N3O/c1-5-11(16-6-2)10(13-3)9-12-14-7-8-15(12)4/h7-8,10-11,13H,5-6,9H2,1-4H3. The molecule has 0 aliphatic carbocycles. The molecule has 0 aliphatic rings. The van der Waals surface area contributed by atoms with Gasteiger partial charge in [0.1, 0.15) is 5.82 Å². The number of nitrogens with one attached hydrogen (secondary N) is 1. The average molecular weight is 225 g/mol. The maximum Gasteiger partial charge on any atom is 0.110 e. The summed E-state index contributed by atoms with van der Waals surface area (Å²) in [6.45, 7) is 4.95. The monoisotopic (exact) mass is 225 g/mol. The smallest absolute Gasteiger partial charge is 0.110 e. The Morgan fingerprint density at radius 3 is 2.69 bits per heavy atom. The van der Waals surface area contributed by atoms with Crippen LogP contribution in [0.3, 0.4) is 0 Å². The number of hydrogen-bond acceptors (Lipinski definition) is 3. The van der Waals surface area contributed by atoms with Gasteiger partial charge in [0, 0.05) is 38.5 Å². The molecule has 4 heteroatoms. The Morgan fingerprint density at radius 2 is 2.25 bits per heavy atom. The van der Waals surface area contributed by atoms with Crippen LogP contribution in [0.25, 0.3) is 0 Å². The lowest BCUT2D eigenvalue weighted by molar-refractivity contribution is 0.0332. The van der Waals surface area contributed by atoms with Crippen LogP contribution in [-0.2, 0) is 18.2 Å². The number of hydrogen-bond donors (Lipinski definition) is 1. The molecule has 16 heavy (non-hydrogen) atoms. The highest BCUT2D eigenvalue weighted by molar-refractivity contribution is 4.96. The molecule has 1 heterocycles. The van der Waals surface area contributed by atoms with E-state index in [1.54, 1.807) is 0 Å². The van der Waals surface area contributed by atoms with Gasteiger partial charge in [0.25, 0.3) is 0 Å². The molecule has 4 nitrogen and oxygen atoms in total. The minimum atomic E-state index is 0.256. The van der Waals surface area contributed by atoms with E-state index < -0.39 is 0 Å². The zero-order valence-corrected chi connectivity index (χ0v) is 10.7. The Morgan fingerprint density at radius 1 is 1.50 bits per heavy atom. The van der Waals surface area contributed by atoms with Crippen molar-refractivity contribution in [1.82, 2.24) is 14.9 Å². The van der Waals surface area contributed by atoms with Gasteiger partial charge in [0.2, 0.25) is 0 Å². The molecule has 2 atom stereocenters. The Balaban J connectivity index is 2.63. The van der Waals surface area contributed by atoms with Gasteiger partial charge in [-0.1, -0.05) is 6.92 Å². The summed E-state index contributed by atoms with van der Waals surface area (Å²) in [5.74, 6) is 1.09. The lowest BCUT2D eigenvalue weighted by Gasteiger charge is -2.25. The van der Waals surface area contributed by atoms with Gasteiger partial charge in [-0.2, -0.15) is 0 Å². The van der Waals surface area contributed by atoms with Crippen molar-refractivity contribution in [2.75, 3.05) is 13.7 Å². The first-order valence-electron chi connectivity index (χ1n) is 5.97. The van der Waals surface area contributed by atoms with Crippen molar-refractivity contribution in [1.29, 1.82) is 0 Å². The molecule has 0 amide bonds. The number of likely N-dealkylation sites (N-methyl/N-ethyl adjacent to an activating group) is 1. The fourth-order valence-corrected chi connectivity index (χ4v) is 1.94. The Labute approximate surface area is 98.0 Å². The summed E-state index contributed by atoms with van der Waals surface area (Å²) in [7, 11) is 4.01. The molecular weight excluding hydrogens is 202 g/mol. The van der Waals surface area contributed by atoms with Gasteiger partial charge in [-0.05, 0) is 20.4 Å². The Bertz CT molecular complexity index is 298. The van der Waals surface area contributed by atoms with Crippen LogP contribution in [-0.4, -0.2) is 35.4 Å². The number of aryl methyl sites for hydroxylation is 1. The fourth-order valence-electron chi connectivity index (χ4n) is 1.94. The molecule has 0 spiro atoms. The summed E-state index contributed by atoms with van der Waals surface area (Å²) < 4.78 is 7.79. The van der Waals surface area contributed by atoms with Gasteiger partial charge in [0.15, 0.2) is 0 Å².